The zero-order chi connectivity index (χ0) is 19.2. The van der Waals surface area contributed by atoms with Gasteiger partial charge in [-0.3, -0.25) is 9.59 Å². The highest BCUT2D eigenvalue weighted by molar-refractivity contribution is 6.06. The van der Waals surface area contributed by atoms with Gasteiger partial charge in [0, 0.05) is 12.2 Å². The molecule has 0 saturated carbocycles. The van der Waals surface area contributed by atoms with E-state index in [9.17, 15) is 9.59 Å². The van der Waals surface area contributed by atoms with Crippen LogP contribution in [0.2, 0.25) is 0 Å². The Kier molecular flexibility index (Phi) is 11.4. The van der Waals surface area contributed by atoms with Crippen molar-refractivity contribution in [2.75, 3.05) is 11.4 Å². The van der Waals surface area contributed by atoms with E-state index in [2.05, 4.69) is 6.92 Å². The van der Waals surface area contributed by atoms with Crippen LogP contribution in [0.3, 0.4) is 0 Å². The number of benzene rings is 1. The Morgan fingerprint density at radius 2 is 1.38 bits per heavy atom. The van der Waals surface area contributed by atoms with E-state index in [0.29, 0.717) is 6.54 Å². The van der Waals surface area contributed by atoms with Crippen LogP contribution in [-0.2, 0) is 9.59 Å². The van der Waals surface area contributed by atoms with Gasteiger partial charge in [-0.15, -0.1) is 0 Å². The van der Waals surface area contributed by atoms with Crippen LogP contribution in [0.15, 0.2) is 30.3 Å². The van der Waals surface area contributed by atoms with Crippen molar-refractivity contribution in [2.24, 2.45) is 5.73 Å². The predicted molar refractivity (Wildman–Crippen MR) is 109 cm³/mol. The number of carbonyl (C=O) groups excluding carboxylic acids is 2. The summed E-state index contributed by atoms with van der Waals surface area (Å²) in [6.45, 7) is 4.35. The second-order valence-corrected chi connectivity index (χ2v) is 7.13. The molecule has 4 heteroatoms. The lowest BCUT2D eigenvalue weighted by molar-refractivity contribution is -0.127. The predicted octanol–water partition coefficient (Wildman–Crippen LogP) is 4.86. The Hall–Kier alpha value is -1.84. The highest BCUT2D eigenvalue weighted by Crippen LogP contribution is 2.19. The number of carbonyl (C=O) groups is 2. The van der Waals surface area contributed by atoms with Gasteiger partial charge < -0.3 is 10.6 Å². The Bertz CT molecular complexity index is 502. The summed E-state index contributed by atoms with van der Waals surface area (Å²) in [4.78, 5) is 25.6. The minimum Gasteiger partial charge on any atom is -0.367 e. The molecule has 2 N–H and O–H groups in total. The fourth-order valence-electron chi connectivity index (χ4n) is 3.37. The zero-order valence-corrected chi connectivity index (χ0v) is 16.6. The molecule has 0 spiro atoms. The summed E-state index contributed by atoms with van der Waals surface area (Å²) in [5.41, 5.74) is 6.37. The van der Waals surface area contributed by atoms with E-state index in [1.54, 1.807) is 0 Å². The van der Waals surface area contributed by atoms with Crippen molar-refractivity contribution in [3.05, 3.63) is 30.3 Å². The molecule has 1 rings (SSSR count). The third kappa shape index (κ3) is 8.50. The van der Waals surface area contributed by atoms with E-state index >= 15 is 0 Å². The van der Waals surface area contributed by atoms with E-state index in [1.807, 2.05) is 35.2 Å². The molecule has 0 aromatic heterocycles. The quantitative estimate of drug-likeness (QED) is 0.359. The number of nitrogens with two attached hydrogens (primary N) is 1. The van der Waals surface area contributed by atoms with Gasteiger partial charge in [0.15, 0.2) is 11.8 Å². The topological polar surface area (TPSA) is 63.4 Å². The first-order valence-corrected chi connectivity index (χ1v) is 10.2. The zero-order valence-electron chi connectivity index (χ0n) is 16.6. The third-order valence-corrected chi connectivity index (χ3v) is 4.81. The van der Waals surface area contributed by atoms with Crippen LogP contribution < -0.4 is 10.6 Å². The Morgan fingerprint density at radius 3 is 1.85 bits per heavy atom. The summed E-state index contributed by atoms with van der Waals surface area (Å²) in [7, 11) is 0. The van der Waals surface area contributed by atoms with Crippen molar-refractivity contribution in [1.29, 1.82) is 0 Å². The van der Waals surface area contributed by atoms with Gasteiger partial charge in [-0.05, 0) is 25.5 Å². The van der Waals surface area contributed by atoms with Gasteiger partial charge in [0.1, 0.15) is 0 Å². The Labute approximate surface area is 159 Å². The molecule has 0 fully saturated rings. The minimum absolute atomic E-state index is 0.201. The SMILES string of the molecule is CCCCCCCCCCCCN(c1ccccc1)C(C(C)=O)C(N)=O. The molecule has 1 amide bonds. The molecule has 0 aliphatic carbocycles. The van der Waals surface area contributed by atoms with Crippen molar-refractivity contribution in [1.82, 2.24) is 0 Å². The minimum atomic E-state index is -0.879. The van der Waals surface area contributed by atoms with Gasteiger partial charge in [-0.25, -0.2) is 0 Å². The van der Waals surface area contributed by atoms with Crippen molar-refractivity contribution in [2.45, 2.75) is 84.1 Å². The molecule has 1 unspecified atom stereocenters. The van der Waals surface area contributed by atoms with Gasteiger partial charge in [0.25, 0.3) is 0 Å². The van der Waals surface area contributed by atoms with E-state index < -0.39 is 11.9 Å². The molecule has 0 bridgehead atoms. The van der Waals surface area contributed by atoms with Crippen LogP contribution >= 0.6 is 0 Å². The largest absolute Gasteiger partial charge is 0.367 e. The summed E-state index contributed by atoms with van der Waals surface area (Å²) in [5.74, 6) is -0.776. The maximum Gasteiger partial charge on any atom is 0.247 e. The summed E-state index contributed by atoms with van der Waals surface area (Å²) in [5, 5.41) is 0. The van der Waals surface area contributed by atoms with Crippen LogP contribution in [0.1, 0.15) is 78.1 Å². The fourth-order valence-corrected chi connectivity index (χ4v) is 3.37. The molecule has 0 heterocycles. The van der Waals surface area contributed by atoms with Crippen LogP contribution in [0.4, 0.5) is 5.69 Å². The summed E-state index contributed by atoms with van der Waals surface area (Å²) >= 11 is 0. The summed E-state index contributed by atoms with van der Waals surface area (Å²) in [6.07, 6.45) is 12.6. The summed E-state index contributed by atoms with van der Waals surface area (Å²) < 4.78 is 0. The van der Waals surface area contributed by atoms with Gasteiger partial charge in [-0.1, -0.05) is 82.9 Å². The fraction of sp³-hybridized carbons (Fsp3) is 0.636. The van der Waals surface area contributed by atoms with E-state index in [4.69, 9.17) is 5.73 Å². The lowest BCUT2D eigenvalue weighted by Gasteiger charge is -2.30. The Morgan fingerprint density at radius 1 is 0.885 bits per heavy atom. The van der Waals surface area contributed by atoms with Gasteiger partial charge >= 0.3 is 0 Å². The average Bonchev–Trinajstić information content (AvgIpc) is 2.62. The maximum atomic E-state index is 11.9. The molecule has 0 saturated heterocycles. The number of hydrogen-bond acceptors (Lipinski definition) is 3. The molecule has 0 aliphatic heterocycles. The van der Waals surface area contributed by atoms with Gasteiger partial charge in [0.05, 0.1) is 0 Å². The number of anilines is 1. The summed E-state index contributed by atoms with van der Waals surface area (Å²) in [6, 6.07) is 8.73. The van der Waals surface area contributed by atoms with Crippen LogP contribution in [0.25, 0.3) is 0 Å². The number of rotatable bonds is 15. The number of para-hydroxylation sites is 1. The second-order valence-electron chi connectivity index (χ2n) is 7.13. The smallest absolute Gasteiger partial charge is 0.247 e. The lowest BCUT2D eigenvalue weighted by atomic mass is 10.1. The molecular formula is C22H36N2O2. The van der Waals surface area contributed by atoms with Crippen molar-refractivity contribution < 1.29 is 9.59 Å². The molecule has 1 aromatic rings. The van der Waals surface area contributed by atoms with E-state index in [1.165, 1.54) is 58.3 Å². The number of amides is 1. The molecule has 1 aromatic carbocycles. The first-order chi connectivity index (χ1) is 12.6. The van der Waals surface area contributed by atoms with Crippen LogP contribution in [0.5, 0.6) is 0 Å². The number of ketones is 1. The number of unbranched alkanes of at least 4 members (excludes halogenated alkanes) is 9. The molecule has 4 nitrogen and oxygen atoms in total. The van der Waals surface area contributed by atoms with Crippen LogP contribution in [-0.4, -0.2) is 24.3 Å². The standard InChI is InChI=1S/C22H36N2O2/c1-3-4-5-6-7-8-9-10-11-15-18-24(20-16-13-12-14-17-20)21(19(2)25)22(23)26/h12-14,16-17,21H,3-11,15,18H2,1-2H3,(H2,23,26). The van der Waals surface area contributed by atoms with E-state index in [0.717, 1.165) is 18.5 Å². The number of primary amides is 1. The highest BCUT2D eigenvalue weighted by Gasteiger charge is 2.28. The molecule has 1 atom stereocenters. The van der Waals surface area contributed by atoms with E-state index in [-0.39, 0.29) is 5.78 Å². The molecule has 0 aliphatic rings. The first-order valence-electron chi connectivity index (χ1n) is 10.2. The van der Waals surface area contributed by atoms with Crippen molar-refractivity contribution in [3.63, 3.8) is 0 Å². The second kappa shape index (κ2) is 13.4. The molecule has 0 radical (unpaired) electrons. The monoisotopic (exact) mass is 360 g/mol. The van der Waals surface area contributed by atoms with Crippen LogP contribution in [0, 0.1) is 0 Å². The Balaban J connectivity index is 2.40. The van der Waals surface area contributed by atoms with Crippen molar-refractivity contribution in [3.8, 4) is 0 Å². The molecule has 26 heavy (non-hydrogen) atoms. The maximum absolute atomic E-state index is 11.9. The first kappa shape index (κ1) is 22.2. The number of Topliss-reactive ketones (excluding diaryl/α,β-unsaturated/α-hetero) is 1. The third-order valence-electron chi connectivity index (χ3n) is 4.81. The number of hydrogen-bond donors (Lipinski definition) is 1. The normalized spacial score (nSPS) is 11.9. The highest BCUT2D eigenvalue weighted by atomic mass is 16.2. The molecule has 146 valence electrons. The average molecular weight is 361 g/mol. The van der Waals surface area contributed by atoms with Crippen molar-refractivity contribution >= 4 is 17.4 Å². The number of nitrogens with zero attached hydrogens (tertiary/aromatic N) is 1. The molecular weight excluding hydrogens is 324 g/mol. The van der Waals surface area contributed by atoms with Gasteiger partial charge in [0.2, 0.25) is 5.91 Å². The van der Waals surface area contributed by atoms with Gasteiger partial charge in [-0.2, -0.15) is 0 Å². The lowest BCUT2D eigenvalue weighted by Crippen LogP contribution is -2.49.